The van der Waals surface area contributed by atoms with Gasteiger partial charge in [-0.2, -0.15) is 0 Å². The van der Waals surface area contributed by atoms with Gasteiger partial charge in [-0.3, -0.25) is 0 Å². The lowest BCUT2D eigenvalue weighted by Gasteiger charge is -2.40. The van der Waals surface area contributed by atoms with Gasteiger partial charge in [0.2, 0.25) is 0 Å². The first-order chi connectivity index (χ1) is 5.75. The Bertz CT molecular complexity index is 141. The third-order valence-corrected chi connectivity index (χ3v) is 4.17. The fourth-order valence-corrected chi connectivity index (χ4v) is 3.36. The molecule has 2 bridgehead atoms. The Balaban J connectivity index is 1.96. The summed E-state index contributed by atoms with van der Waals surface area (Å²) in [4.78, 5) is 0. The Kier molecular flexibility index (Phi) is 2.64. The standard InChI is InChI=1S/C11H19Cl/c1-8(12)11-6-9-3-2-4-10(5-9)7-11/h8-11H,2-7H2,1H3. The van der Waals surface area contributed by atoms with Crippen LogP contribution in [0.15, 0.2) is 0 Å². The summed E-state index contributed by atoms with van der Waals surface area (Å²) in [6.07, 6.45) is 8.80. The summed E-state index contributed by atoms with van der Waals surface area (Å²) in [6, 6.07) is 0. The molecule has 0 N–H and O–H groups in total. The molecule has 0 spiro atoms. The number of hydrogen-bond donors (Lipinski definition) is 0. The van der Waals surface area contributed by atoms with Crippen LogP contribution in [0.5, 0.6) is 0 Å². The smallest absolute Gasteiger partial charge is 0.0336 e. The molecule has 0 heterocycles. The molecular formula is C11H19Cl. The fourth-order valence-electron chi connectivity index (χ4n) is 3.16. The van der Waals surface area contributed by atoms with E-state index in [4.69, 9.17) is 11.6 Å². The Morgan fingerprint density at radius 1 is 1.08 bits per heavy atom. The maximum Gasteiger partial charge on any atom is 0.0336 e. The summed E-state index contributed by atoms with van der Waals surface area (Å²) < 4.78 is 0. The Morgan fingerprint density at radius 3 is 2.17 bits per heavy atom. The van der Waals surface area contributed by atoms with Crippen LogP contribution < -0.4 is 0 Å². The number of fused-ring (bicyclic) bond motifs is 2. The maximum absolute atomic E-state index is 6.17. The zero-order valence-electron chi connectivity index (χ0n) is 7.93. The van der Waals surface area contributed by atoms with Crippen molar-refractivity contribution in [3.05, 3.63) is 0 Å². The number of hydrogen-bond acceptors (Lipinski definition) is 0. The second-order valence-electron chi connectivity index (χ2n) is 4.81. The highest BCUT2D eigenvalue weighted by Gasteiger charge is 2.33. The highest BCUT2D eigenvalue weighted by molar-refractivity contribution is 6.20. The van der Waals surface area contributed by atoms with Crippen molar-refractivity contribution in [2.45, 2.75) is 50.8 Å². The van der Waals surface area contributed by atoms with Crippen molar-refractivity contribution in [3.8, 4) is 0 Å². The molecule has 0 radical (unpaired) electrons. The molecule has 12 heavy (non-hydrogen) atoms. The zero-order chi connectivity index (χ0) is 8.55. The summed E-state index contributed by atoms with van der Waals surface area (Å²) in [6.45, 7) is 2.17. The molecule has 3 atom stereocenters. The van der Waals surface area contributed by atoms with E-state index in [1.165, 1.54) is 38.5 Å². The summed E-state index contributed by atoms with van der Waals surface area (Å²) in [5, 5.41) is 0.411. The molecule has 0 saturated heterocycles. The third kappa shape index (κ3) is 1.79. The third-order valence-electron chi connectivity index (χ3n) is 3.81. The highest BCUT2D eigenvalue weighted by atomic mass is 35.5. The van der Waals surface area contributed by atoms with E-state index in [1.54, 1.807) is 0 Å². The van der Waals surface area contributed by atoms with E-state index >= 15 is 0 Å². The van der Waals surface area contributed by atoms with Gasteiger partial charge in [-0.15, -0.1) is 11.6 Å². The van der Waals surface area contributed by atoms with Gasteiger partial charge in [0.15, 0.2) is 0 Å². The van der Waals surface area contributed by atoms with Crippen LogP contribution in [0.4, 0.5) is 0 Å². The number of alkyl halides is 1. The van der Waals surface area contributed by atoms with E-state index in [9.17, 15) is 0 Å². The van der Waals surface area contributed by atoms with Crippen LogP contribution in [0, 0.1) is 17.8 Å². The van der Waals surface area contributed by atoms with Gasteiger partial charge < -0.3 is 0 Å². The van der Waals surface area contributed by atoms with Gasteiger partial charge in [0.1, 0.15) is 0 Å². The molecule has 0 nitrogen and oxygen atoms in total. The van der Waals surface area contributed by atoms with E-state index in [0.29, 0.717) is 5.38 Å². The van der Waals surface area contributed by atoms with Crippen molar-refractivity contribution in [1.82, 2.24) is 0 Å². The van der Waals surface area contributed by atoms with Gasteiger partial charge in [-0.25, -0.2) is 0 Å². The second-order valence-corrected chi connectivity index (χ2v) is 5.50. The molecule has 2 aliphatic carbocycles. The minimum absolute atomic E-state index is 0.411. The lowest BCUT2D eigenvalue weighted by Crippen LogP contribution is -2.30. The monoisotopic (exact) mass is 186 g/mol. The average molecular weight is 187 g/mol. The molecule has 0 aliphatic heterocycles. The molecule has 2 saturated carbocycles. The van der Waals surface area contributed by atoms with E-state index in [1.807, 2.05) is 0 Å². The van der Waals surface area contributed by atoms with Gasteiger partial charge in [0.05, 0.1) is 0 Å². The lowest BCUT2D eigenvalue weighted by atomic mass is 9.67. The molecule has 1 heteroatoms. The van der Waals surface area contributed by atoms with Crippen LogP contribution in [-0.4, -0.2) is 5.38 Å². The molecule has 70 valence electrons. The Morgan fingerprint density at radius 2 is 1.67 bits per heavy atom. The number of rotatable bonds is 1. The molecule has 2 aliphatic rings. The Labute approximate surface area is 80.7 Å². The summed E-state index contributed by atoms with van der Waals surface area (Å²) in [7, 11) is 0. The molecule has 0 aromatic carbocycles. The fraction of sp³-hybridized carbons (Fsp3) is 1.00. The first kappa shape index (κ1) is 8.87. The van der Waals surface area contributed by atoms with E-state index < -0.39 is 0 Å². The summed E-state index contributed by atoms with van der Waals surface area (Å²) in [5.74, 6) is 2.89. The molecule has 2 rings (SSSR count). The predicted octanol–water partition coefficient (Wildman–Crippen LogP) is 3.83. The van der Waals surface area contributed by atoms with Crippen molar-refractivity contribution in [3.63, 3.8) is 0 Å². The normalized spacial score (nSPS) is 44.0. The predicted molar refractivity (Wildman–Crippen MR) is 53.5 cm³/mol. The van der Waals surface area contributed by atoms with Crippen LogP contribution in [0.1, 0.15) is 45.4 Å². The van der Waals surface area contributed by atoms with E-state index in [0.717, 1.165) is 17.8 Å². The average Bonchev–Trinajstić information content (AvgIpc) is 2.03. The van der Waals surface area contributed by atoms with Crippen molar-refractivity contribution in [2.24, 2.45) is 17.8 Å². The molecule has 0 aromatic heterocycles. The molecular weight excluding hydrogens is 168 g/mol. The van der Waals surface area contributed by atoms with Crippen LogP contribution in [0.3, 0.4) is 0 Å². The molecule has 2 fully saturated rings. The van der Waals surface area contributed by atoms with Crippen LogP contribution in [0.2, 0.25) is 0 Å². The highest BCUT2D eigenvalue weighted by Crippen LogP contribution is 2.44. The Hall–Kier alpha value is 0.290. The first-order valence-corrected chi connectivity index (χ1v) is 5.83. The SMILES string of the molecule is CC(Cl)C1CC2CCCC(C2)C1. The van der Waals surface area contributed by atoms with Crippen molar-refractivity contribution < 1.29 is 0 Å². The van der Waals surface area contributed by atoms with Crippen molar-refractivity contribution >= 4 is 11.6 Å². The second kappa shape index (κ2) is 3.57. The molecule has 0 aromatic rings. The zero-order valence-corrected chi connectivity index (χ0v) is 8.69. The van der Waals surface area contributed by atoms with Crippen LogP contribution in [-0.2, 0) is 0 Å². The van der Waals surface area contributed by atoms with Gasteiger partial charge >= 0.3 is 0 Å². The topological polar surface area (TPSA) is 0 Å². The van der Waals surface area contributed by atoms with Gasteiger partial charge in [-0.05, 0) is 43.9 Å². The van der Waals surface area contributed by atoms with Gasteiger partial charge in [0, 0.05) is 5.38 Å². The van der Waals surface area contributed by atoms with Gasteiger partial charge in [0.25, 0.3) is 0 Å². The van der Waals surface area contributed by atoms with Gasteiger partial charge in [-0.1, -0.05) is 19.3 Å². The summed E-state index contributed by atoms with van der Waals surface area (Å²) in [5.41, 5.74) is 0. The largest absolute Gasteiger partial charge is 0.123 e. The minimum Gasteiger partial charge on any atom is -0.123 e. The first-order valence-electron chi connectivity index (χ1n) is 5.39. The minimum atomic E-state index is 0.411. The maximum atomic E-state index is 6.17. The van der Waals surface area contributed by atoms with Crippen LogP contribution in [0.25, 0.3) is 0 Å². The molecule has 0 amide bonds. The quantitative estimate of drug-likeness (QED) is 0.546. The van der Waals surface area contributed by atoms with E-state index in [-0.39, 0.29) is 0 Å². The lowest BCUT2D eigenvalue weighted by molar-refractivity contribution is 0.137. The van der Waals surface area contributed by atoms with Crippen molar-refractivity contribution in [1.29, 1.82) is 0 Å². The van der Waals surface area contributed by atoms with Crippen molar-refractivity contribution in [2.75, 3.05) is 0 Å². The number of halogens is 1. The summed E-state index contributed by atoms with van der Waals surface area (Å²) >= 11 is 6.17. The van der Waals surface area contributed by atoms with E-state index in [2.05, 4.69) is 6.92 Å². The molecule has 3 unspecified atom stereocenters. The van der Waals surface area contributed by atoms with Crippen LogP contribution >= 0.6 is 11.6 Å².